The molecule has 2 nitrogen and oxygen atoms in total. The van der Waals surface area contributed by atoms with E-state index >= 15 is 0 Å². The number of phenolic OH excluding ortho intramolecular Hbond substituents is 1. The van der Waals surface area contributed by atoms with Gasteiger partial charge in [0.15, 0.2) is 5.78 Å². The van der Waals surface area contributed by atoms with Gasteiger partial charge in [0.05, 0.1) is 0 Å². The standard InChI is InChI=1S/C15H13BrO2/c1-9-10(2)14(17)8-7-13(9)15(18)11-3-5-12(16)6-4-11/h3-8,17H,1-2H3. The van der Waals surface area contributed by atoms with Crippen LogP contribution in [0.15, 0.2) is 40.9 Å². The van der Waals surface area contributed by atoms with E-state index in [-0.39, 0.29) is 11.5 Å². The molecule has 0 saturated heterocycles. The van der Waals surface area contributed by atoms with Gasteiger partial charge in [0.2, 0.25) is 0 Å². The normalized spacial score (nSPS) is 10.4. The van der Waals surface area contributed by atoms with Gasteiger partial charge < -0.3 is 5.11 Å². The highest BCUT2D eigenvalue weighted by Crippen LogP contribution is 2.25. The van der Waals surface area contributed by atoms with Crippen molar-refractivity contribution in [2.24, 2.45) is 0 Å². The molecule has 3 heteroatoms. The van der Waals surface area contributed by atoms with E-state index in [1.165, 1.54) is 0 Å². The average molecular weight is 305 g/mol. The number of hydrogen-bond donors (Lipinski definition) is 1. The second-order valence-electron chi connectivity index (χ2n) is 4.22. The number of ketones is 1. The molecule has 1 N–H and O–H groups in total. The largest absolute Gasteiger partial charge is 0.508 e. The molecule has 0 aromatic heterocycles. The molecule has 0 saturated carbocycles. The summed E-state index contributed by atoms with van der Waals surface area (Å²) in [4.78, 5) is 12.3. The maximum Gasteiger partial charge on any atom is 0.193 e. The Morgan fingerprint density at radius 3 is 2.22 bits per heavy atom. The summed E-state index contributed by atoms with van der Waals surface area (Å²) in [6.07, 6.45) is 0. The Morgan fingerprint density at radius 1 is 1.00 bits per heavy atom. The first-order valence-electron chi connectivity index (χ1n) is 5.60. The van der Waals surface area contributed by atoms with Crippen LogP contribution in [0.2, 0.25) is 0 Å². The van der Waals surface area contributed by atoms with Gasteiger partial charge in [-0.3, -0.25) is 4.79 Å². The Balaban J connectivity index is 2.46. The molecule has 18 heavy (non-hydrogen) atoms. The highest BCUT2D eigenvalue weighted by atomic mass is 79.9. The first kappa shape index (κ1) is 12.8. The minimum atomic E-state index is -0.0249. The van der Waals surface area contributed by atoms with Crippen molar-refractivity contribution in [3.05, 3.63) is 63.1 Å². The molecule has 0 fully saturated rings. The Labute approximate surface area is 114 Å². The highest BCUT2D eigenvalue weighted by Gasteiger charge is 2.14. The third kappa shape index (κ3) is 2.31. The summed E-state index contributed by atoms with van der Waals surface area (Å²) in [5, 5.41) is 9.60. The van der Waals surface area contributed by atoms with Crippen LogP contribution >= 0.6 is 15.9 Å². The summed E-state index contributed by atoms with van der Waals surface area (Å²) >= 11 is 3.34. The van der Waals surface area contributed by atoms with Gasteiger partial charge in [-0.15, -0.1) is 0 Å². The molecule has 0 radical (unpaired) electrons. The van der Waals surface area contributed by atoms with Crippen molar-refractivity contribution in [2.45, 2.75) is 13.8 Å². The summed E-state index contributed by atoms with van der Waals surface area (Å²) < 4.78 is 0.942. The van der Waals surface area contributed by atoms with E-state index in [1.807, 2.05) is 26.0 Å². The smallest absolute Gasteiger partial charge is 0.193 e. The van der Waals surface area contributed by atoms with E-state index in [9.17, 15) is 9.90 Å². The minimum Gasteiger partial charge on any atom is -0.508 e. The van der Waals surface area contributed by atoms with Crippen molar-refractivity contribution >= 4 is 21.7 Å². The van der Waals surface area contributed by atoms with Gasteiger partial charge in [-0.05, 0) is 61.4 Å². The topological polar surface area (TPSA) is 37.3 Å². The molecule has 2 aromatic rings. The molecule has 0 spiro atoms. The van der Waals surface area contributed by atoms with Gasteiger partial charge in [0.25, 0.3) is 0 Å². The van der Waals surface area contributed by atoms with Gasteiger partial charge in [-0.1, -0.05) is 15.9 Å². The van der Waals surface area contributed by atoms with Crippen molar-refractivity contribution in [1.82, 2.24) is 0 Å². The van der Waals surface area contributed by atoms with Gasteiger partial charge in [0.1, 0.15) is 5.75 Å². The number of benzene rings is 2. The molecule has 2 rings (SSSR count). The van der Waals surface area contributed by atoms with Crippen LogP contribution in [-0.2, 0) is 0 Å². The Bertz CT molecular complexity index is 601. The number of aromatic hydroxyl groups is 1. The third-order valence-electron chi connectivity index (χ3n) is 3.11. The number of carbonyl (C=O) groups is 1. The fourth-order valence-electron chi connectivity index (χ4n) is 1.81. The summed E-state index contributed by atoms with van der Waals surface area (Å²) in [5.41, 5.74) is 2.85. The second-order valence-corrected chi connectivity index (χ2v) is 5.13. The van der Waals surface area contributed by atoms with E-state index in [0.717, 1.165) is 15.6 Å². The minimum absolute atomic E-state index is 0.0249. The third-order valence-corrected chi connectivity index (χ3v) is 3.64. The quantitative estimate of drug-likeness (QED) is 0.851. The molecule has 0 heterocycles. The molecule has 0 aliphatic heterocycles. The summed E-state index contributed by atoms with van der Waals surface area (Å²) in [6.45, 7) is 3.66. The molecule has 0 amide bonds. The van der Waals surface area contributed by atoms with Crippen molar-refractivity contribution in [3.8, 4) is 5.75 Å². The zero-order valence-corrected chi connectivity index (χ0v) is 11.8. The number of phenols is 1. The number of hydrogen-bond acceptors (Lipinski definition) is 2. The number of carbonyl (C=O) groups excluding carboxylic acids is 1. The van der Waals surface area contributed by atoms with E-state index < -0.39 is 0 Å². The van der Waals surface area contributed by atoms with Crippen LogP contribution in [0.1, 0.15) is 27.0 Å². The molecular formula is C15H13BrO2. The lowest BCUT2D eigenvalue weighted by Gasteiger charge is -2.09. The first-order valence-corrected chi connectivity index (χ1v) is 6.39. The van der Waals surface area contributed by atoms with Crippen molar-refractivity contribution in [1.29, 1.82) is 0 Å². The molecule has 92 valence electrons. The fraction of sp³-hybridized carbons (Fsp3) is 0.133. The molecule has 0 unspecified atom stereocenters. The number of rotatable bonds is 2. The van der Waals surface area contributed by atoms with E-state index in [4.69, 9.17) is 0 Å². The molecule has 2 aromatic carbocycles. The Morgan fingerprint density at radius 2 is 1.61 bits per heavy atom. The SMILES string of the molecule is Cc1c(O)ccc(C(=O)c2ccc(Br)cc2)c1C. The van der Waals surface area contributed by atoms with Gasteiger partial charge in [-0.2, -0.15) is 0 Å². The lowest BCUT2D eigenvalue weighted by Crippen LogP contribution is -2.04. The maximum atomic E-state index is 12.3. The van der Waals surface area contributed by atoms with Crippen LogP contribution in [-0.4, -0.2) is 10.9 Å². The van der Waals surface area contributed by atoms with Crippen LogP contribution < -0.4 is 0 Å². The molecular weight excluding hydrogens is 292 g/mol. The summed E-state index contributed by atoms with van der Waals surface area (Å²) in [6, 6.07) is 10.5. The van der Waals surface area contributed by atoms with Crippen LogP contribution in [0.3, 0.4) is 0 Å². The van der Waals surface area contributed by atoms with Crippen molar-refractivity contribution in [3.63, 3.8) is 0 Å². The molecule has 0 bridgehead atoms. The lowest BCUT2D eigenvalue weighted by molar-refractivity contribution is 0.103. The molecule has 0 atom stereocenters. The predicted octanol–water partition coefficient (Wildman–Crippen LogP) is 4.00. The van der Waals surface area contributed by atoms with E-state index in [1.54, 1.807) is 24.3 Å². The monoisotopic (exact) mass is 304 g/mol. The predicted molar refractivity (Wildman–Crippen MR) is 75.2 cm³/mol. The summed E-state index contributed by atoms with van der Waals surface area (Å²) in [5.74, 6) is 0.197. The van der Waals surface area contributed by atoms with E-state index in [0.29, 0.717) is 11.1 Å². The fourth-order valence-corrected chi connectivity index (χ4v) is 2.07. The first-order chi connectivity index (χ1) is 8.50. The van der Waals surface area contributed by atoms with Gasteiger partial charge in [-0.25, -0.2) is 0 Å². The molecule has 0 aliphatic rings. The van der Waals surface area contributed by atoms with Crippen molar-refractivity contribution in [2.75, 3.05) is 0 Å². The average Bonchev–Trinajstić information content (AvgIpc) is 2.36. The van der Waals surface area contributed by atoms with Crippen LogP contribution in [0.4, 0.5) is 0 Å². The van der Waals surface area contributed by atoms with Gasteiger partial charge in [0, 0.05) is 15.6 Å². The Hall–Kier alpha value is -1.61. The van der Waals surface area contributed by atoms with Crippen LogP contribution in [0, 0.1) is 13.8 Å². The zero-order chi connectivity index (χ0) is 13.3. The maximum absolute atomic E-state index is 12.3. The zero-order valence-electron chi connectivity index (χ0n) is 10.2. The highest BCUT2D eigenvalue weighted by molar-refractivity contribution is 9.10. The number of halogens is 1. The van der Waals surface area contributed by atoms with Crippen LogP contribution in [0.25, 0.3) is 0 Å². The lowest BCUT2D eigenvalue weighted by atomic mass is 9.95. The van der Waals surface area contributed by atoms with Crippen molar-refractivity contribution < 1.29 is 9.90 Å². The second kappa shape index (κ2) is 4.94. The van der Waals surface area contributed by atoms with E-state index in [2.05, 4.69) is 15.9 Å². The van der Waals surface area contributed by atoms with Gasteiger partial charge >= 0.3 is 0 Å². The molecule has 0 aliphatic carbocycles. The van der Waals surface area contributed by atoms with Crippen LogP contribution in [0.5, 0.6) is 5.75 Å². The summed E-state index contributed by atoms with van der Waals surface area (Å²) in [7, 11) is 0. The Kier molecular flexibility index (Phi) is 3.53.